The highest BCUT2D eigenvalue weighted by molar-refractivity contribution is 9.10. The highest BCUT2D eigenvalue weighted by Gasteiger charge is 2.33. The van der Waals surface area contributed by atoms with Crippen LogP contribution in [-0.4, -0.2) is 41.6 Å². The Balaban J connectivity index is 1.90. The molecule has 9 heteroatoms. The number of nitrogens with one attached hydrogen (secondary N) is 2. The lowest BCUT2D eigenvalue weighted by Gasteiger charge is -2.11. The molecule has 0 aromatic heterocycles. The second kappa shape index (κ2) is 10.1. The Morgan fingerprint density at radius 3 is 2.74 bits per heavy atom. The first kappa shape index (κ1) is 20.9. The Morgan fingerprint density at radius 2 is 2.04 bits per heavy atom. The molecule has 2 rings (SSSR count). The van der Waals surface area contributed by atoms with Crippen molar-refractivity contribution in [2.24, 2.45) is 0 Å². The highest BCUT2D eigenvalue weighted by Crippen LogP contribution is 2.26. The standard InChI is InChI=1S/C18H22BrN3O5/c1-27-15-11-13(19)8-7-12(15)10-14-17(24)22(18(25)20-14)9-5-3-2-4-6-16(23)21-26/h7-8,10-11,26H,2-6,9H2,1H3,(H,20,25)(H,21,23)/b14-10-. The fourth-order valence-electron chi connectivity index (χ4n) is 2.70. The summed E-state index contributed by atoms with van der Waals surface area (Å²) in [6.07, 6.45) is 4.68. The molecule has 0 atom stereocenters. The number of ether oxygens (including phenoxy) is 1. The SMILES string of the molecule is COc1cc(Br)ccc1/C=C1\NC(=O)N(CCCCCCC(=O)NO)C1=O. The van der Waals surface area contributed by atoms with E-state index in [1.165, 1.54) is 12.0 Å². The number of imide groups is 1. The number of halogens is 1. The zero-order valence-electron chi connectivity index (χ0n) is 15.0. The molecule has 4 amide bonds. The number of hydroxylamine groups is 1. The summed E-state index contributed by atoms with van der Waals surface area (Å²) in [5.74, 6) is -0.198. The van der Waals surface area contributed by atoms with Gasteiger partial charge in [0.15, 0.2) is 0 Å². The number of rotatable bonds is 9. The third-order valence-electron chi connectivity index (χ3n) is 4.12. The molecule has 27 heavy (non-hydrogen) atoms. The number of hydrogen-bond acceptors (Lipinski definition) is 5. The molecule has 0 saturated carbocycles. The molecule has 0 unspecified atom stereocenters. The van der Waals surface area contributed by atoms with Crippen molar-refractivity contribution in [3.05, 3.63) is 33.9 Å². The summed E-state index contributed by atoms with van der Waals surface area (Å²) in [7, 11) is 1.54. The van der Waals surface area contributed by atoms with Crippen LogP contribution in [0.3, 0.4) is 0 Å². The minimum Gasteiger partial charge on any atom is -0.496 e. The minimum atomic E-state index is -0.443. The lowest BCUT2D eigenvalue weighted by atomic mass is 10.1. The van der Waals surface area contributed by atoms with Gasteiger partial charge in [-0.1, -0.05) is 34.8 Å². The number of carbonyl (C=O) groups excluding carboxylic acids is 3. The van der Waals surface area contributed by atoms with Crippen LogP contribution < -0.4 is 15.5 Å². The molecule has 0 spiro atoms. The van der Waals surface area contributed by atoms with E-state index in [1.807, 2.05) is 6.07 Å². The number of unbranched alkanes of at least 4 members (excludes halogenated alkanes) is 3. The molecule has 0 radical (unpaired) electrons. The number of hydrogen-bond donors (Lipinski definition) is 3. The number of urea groups is 1. The van der Waals surface area contributed by atoms with Crippen molar-refractivity contribution >= 4 is 39.9 Å². The molecule has 1 heterocycles. The van der Waals surface area contributed by atoms with E-state index in [1.54, 1.807) is 23.7 Å². The molecule has 1 saturated heterocycles. The third kappa shape index (κ3) is 5.80. The van der Waals surface area contributed by atoms with Crippen LogP contribution in [-0.2, 0) is 9.59 Å². The average Bonchev–Trinajstić information content (AvgIpc) is 2.92. The van der Waals surface area contributed by atoms with Gasteiger partial charge in [0.1, 0.15) is 11.4 Å². The predicted octanol–water partition coefficient (Wildman–Crippen LogP) is 2.81. The van der Waals surface area contributed by atoms with Crippen molar-refractivity contribution < 1.29 is 24.3 Å². The van der Waals surface area contributed by atoms with Crippen molar-refractivity contribution in [1.82, 2.24) is 15.7 Å². The molecule has 1 aliphatic rings. The predicted molar refractivity (Wildman–Crippen MR) is 102 cm³/mol. The summed E-state index contributed by atoms with van der Waals surface area (Å²) < 4.78 is 6.14. The van der Waals surface area contributed by atoms with Crippen LogP contribution in [0.25, 0.3) is 6.08 Å². The van der Waals surface area contributed by atoms with Gasteiger partial charge in [-0.2, -0.15) is 0 Å². The first-order valence-electron chi connectivity index (χ1n) is 8.57. The van der Waals surface area contributed by atoms with E-state index < -0.39 is 11.9 Å². The van der Waals surface area contributed by atoms with E-state index in [0.29, 0.717) is 30.7 Å². The van der Waals surface area contributed by atoms with Crippen molar-refractivity contribution in [2.45, 2.75) is 32.1 Å². The van der Waals surface area contributed by atoms with Gasteiger partial charge >= 0.3 is 6.03 Å². The van der Waals surface area contributed by atoms with Crippen LogP contribution in [0.2, 0.25) is 0 Å². The molecular formula is C18H22BrN3O5. The Bertz CT molecular complexity index is 751. The Hall–Kier alpha value is -2.39. The van der Waals surface area contributed by atoms with E-state index in [4.69, 9.17) is 9.94 Å². The zero-order chi connectivity index (χ0) is 19.8. The smallest absolute Gasteiger partial charge is 0.329 e. The summed E-state index contributed by atoms with van der Waals surface area (Å²) in [5.41, 5.74) is 2.48. The zero-order valence-corrected chi connectivity index (χ0v) is 16.5. The molecule has 1 aromatic rings. The van der Waals surface area contributed by atoms with Gasteiger partial charge in [0.25, 0.3) is 5.91 Å². The normalized spacial score (nSPS) is 15.2. The second-order valence-electron chi connectivity index (χ2n) is 6.03. The Kier molecular flexibility index (Phi) is 7.81. The number of nitrogens with zero attached hydrogens (tertiary/aromatic N) is 1. The fraction of sp³-hybridized carbons (Fsp3) is 0.389. The van der Waals surface area contributed by atoms with Gasteiger partial charge in [0.05, 0.1) is 7.11 Å². The number of methoxy groups -OCH3 is 1. The van der Waals surface area contributed by atoms with E-state index in [-0.39, 0.29) is 18.0 Å². The van der Waals surface area contributed by atoms with Gasteiger partial charge in [0.2, 0.25) is 5.91 Å². The van der Waals surface area contributed by atoms with Crippen LogP contribution in [0.15, 0.2) is 28.4 Å². The van der Waals surface area contributed by atoms with Crippen molar-refractivity contribution in [3.63, 3.8) is 0 Å². The Labute approximate surface area is 165 Å². The van der Waals surface area contributed by atoms with Crippen LogP contribution >= 0.6 is 15.9 Å². The summed E-state index contributed by atoms with van der Waals surface area (Å²) >= 11 is 3.36. The topological polar surface area (TPSA) is 108 Å². The lowest BCUT2D eigenvalue weighted by molar-refractivity contribution is -0.129. The Morgan fingerprint density at radius 1 is 1.30 bits per heavy atom. The average molecular weight is 440 g/mol. The van der Waals surface area contributed by atoms with Crippen molar-refractivity contribution in [2.75, 3.05) is 13.7 Å². The number of carbonyl (C=O) groups is 3. The van der Waals surface area contributed by atoms with Gasteiger partial charge in [-0.15, -0.1) is 0 Å². The fourth-order valence-corrected chi connectivity index (χ4v) is 3.04. The van der Waals surface area contributed by atoms with Crippen molar-refractivity contribution in [3.8, 4) is 5.75 Å². The molecule has 8 nitrogen and oxygen atoms in total. The molecular weight excluding hydrogens is 418 g/mol. The summed E-state index contributed by atoms with van der Waals surface area (Å²) in [4.78, 5) is 36.6. The molecule has 146 valence electrons. The van der Waals surface area contributed by atoms with Crippen LogP contribution in [0, 0.1) is 0 Å². The third-order valence-corrected chi connectivity index (χ3v) is 4.61. The largest absolute Gasteiger partial charge is 0.496 e. The van der Waals surface area contributed by atoms with Gasteiger partial charge in [0, 0.05) is 23.0 Å². The molecule has 1 aromatic carbocycles. The van der Waals surface area contributed by atoms with Gasteiger partial charge in [-0.3, -0.25) is 19.7 Å². The highest BCUT2D eigenvalue weighted by atomic mass is 79.9. The maximum Gasteiger partial charge on any atom is 0.329 e. The van der Waals surface area contributed by atoms with Crippen LogP contribution in [0.5, 0.6) is 5.75 Å². The number of amides is 4. The maximum atomic E-state index is 12.5. The van der Waals surface area contributed by atoms with E-state index in [0.717, 1.165) is 17.3 Å². The molecule has 0 bridgehead atoms. The van der Waals surface area contributed by atoms with E-state index in [9.17, 15) is 14.4 Å². The quantitative estimate of drug-likeness (QED) is 0.180. The van der Waals surface area contributed by atoms with Gasteiger partial charge < -0.3 is 10.1 Å². The van der Waals surface area contributed by atoms with Gasteiger partial charge in [-0.25, -0.2) is 10.3 Å². The lowest BCUT2D eigenvalue weighted by Crippen LogP contribution is -2.31. The van der Waals surface area contributed by atoms with E-state index >= 15 is 0 Å². The van der Waals surface area contributed by atoms with Crippen LogP contribution in [0.4, 0.5) is 4.79 Å². The first-order chi connectivity index (χ1) is 13.0. The summed E-state index contributed by atoms with van der Waals surface area (Å²) in [5, 5.41) is 11.0. The molecule has 1 aliphatic heterocycles. The van der Waals surface area contributed by atoms with E-state index in [2.05, 4.69) is 21.2 Å². The summed E-state index contributed by atoms with van der Waals surface area (Å²) in [6.45, 7) is 0.311. The monoisotopic (exact) mass is 439 g/mol. The number of benzene rings is 1. The van der Waals surface area contributed by atoms with Crippen LogP contribution in [0.1, 0.15) is 37.7 Å². The molecule has 3 N–H and O–H groups in total. The van der Waals surface area contributed by atoms with Crippen molar-refractivity contribution in [1.29, 1.82) is 0 Å². The second-order valence-corrected chi connectivity index (χ2v) is 6.95. The molecule has 0 aliphatic carbocycles. The first-order valence-corrected chi connectivity index (χ1v) is 9.36. The van der Waals surface area contributed by atoms with Gasteiger partial charge in [-0.05, 0) is 31.1 Å². The minimum absolute atomic E-state index is 0.209. The molecule has 1 fully saturated rings. The summed E-state index contributed by atoms with van der Waals surface area (Å²) in [6, 6.07) is 4.95. The maximum absolute atomic E-state index is 12.5.